The number of carbonyl (C=O) groups is 2. The molecule has 0 saturated carbocycles. The summed E-state index contributed by atoms with van der Waals surface area (Å²) in [6.45, 7) is 6.72. The van der Waals surface area contributed by atoms with E-state index in [1.807, 2.05) is 20.8 Å². The quantitative estimate of drug-likeness (QED) is 0.423. The van der Waals surface area contributed by atoms with Gasteiger partial charge in [-0.2, -0.15) is 0 Å². The Kier molecular flexibility index (Phi) is 10.0. The van der Waals surface area contributed by atoms with Crippen LogP contribution in [-0.2, 0) is 26.2 Å². The van der Waals surface area contributed by atoms with E-state index in [0.717, 1.165) is 10.6 Å². The largest absolute Gasteiger partial charge is 0.350 e. The highest BCUT2D eigenvalue weighted by atomic mass is 79.9. The van der Waals surface area contributed by atoms with Crippen LogP contribution in [-0.4, -0.2) is 49.5 Å². The van der Waals surface area contributed by atoms with E-state index in [4.69, 9.17) is 23.2 Å². The predicted molar refractivity (Wildman–Crippen MR) is 145 cm³/mol. The van der Waals surface area contributed by atoms with Crippen LogP contribution in [0.5, 0.6) is 0 Å². The van der Waals surface area contributed by atoms with Crippen LogP contribution in [0.1, 0.15) is 39.7 Å². The second kappa shape index (κ2) is 12.0. The number of amides is 2. The van der Waals surface area contributed by atoms with Crippen molar-refractivity contribution in [2.45, 2.75) is 52.2 Å². The van der Waals surface area contributed by atoms with E-state index in [9.17, 15) is 18.0 Å². The first-order chi connectivity index (χ1) is 16.2. The lowest BCUT2D eigenvalue weighted by atomic mass is 10.1. The summed E-state index contributed by atoms with van der Waals surface area (Å²) < 4.78 is 26.9. The van der Waals surface area contributed by atoms with Crippen molar-refractivity contribution in [3.05, 3.63) is 62.5 Å². The van der Waals surface area contributed by atoms with E-state index in [0.29, 0.717) is 32.2 Å². The Labute approximate surface area is 225 Å². The molecule has 0 saturated heterocycles. The van der Waals surface area contributed by atoms with Crippen molar-refractivity contribution >= 4 is 66.7 Å². The van der Waals surface area contributed by atoms with Crippen molar-refractivity contribution in [3.8, 4) is 0 Å². The van der Waals surface area contributed by atoms with Crippen LogP contribution < -0.4 is 9.62 Å². The molecule has 0 aliphatic carbocycles. The first-order valence-corrected chi connectivity index (χ1v) is 14.3. The highest BCUT2D eigenvalue weighted by Gasteiger charge is 2.34. The molecule has 0 aliphatic rings. The molecule has 0 aliphatic heterocycles. The van der Waals surface area contributed by atoms with Gasteiger partial charge < -0.3 is 10.2 Å². The van der Waals surface area contributed by atoms with Gasteiger partial charge in [-0.05, 0) is 67.4 Å². The Morgan fingerprint density at radius 1 is 1.06 bits per heavy atom. The van der Waals surface area contributed by atoms with Gasteiger partial charge in [0, 0.05) is 32.2 Å². The number of rotatable bonds is 9. The van der Waals surface area contributed by atoms with Gasteiger partial charge in [0.15, 0.2) is 0 Å². The fourth-order valence-corrected chi connectivity index (χ4v) is 5.47. The highest BCUT2D eigenvalue weighted by molar-refractivity contribution is 9.10. The topological polar surface area (TPSA) is 86.8 Å². The molecule has 2 rings (SSSR count). The van der Waals surface area contributed by atoms with E-state index < -0.39 is 34.1 Å². The van der Waals surface area contributed by atoms with E-state index in [-0.39, 0.29) is 12.5 Å². The number of hydrogen-bond acceptors (Lipinski definition) is 4. The van der Waals surface area contributed by atoms with Gasteiger partial charge in [-0.25, -0.2) is 8.42 Å². The van der Waals surface area contributed by atoms with Crippen LogP contribution in [0, 0.1) is 0 Å². The molecule has 0 heterocycles. The second-order valence-corrected chi connectivity index (χ2v) is 12.7. The number of halogens is 3. The number of sulfonamides is 1. The monoisotopic (exact) mass is 605 g/mol. The van der Waals surface area contributed by atoms with Gasteiger partial charge in [0.25, 0.3) is 0 Å². The highest BCUT2D eigenvalue weighted by Crippen LogP contribution is 2.30. The lowest BCUT2D eigenvalue weighted by Gasteiger charge is -2.35. The molecular formula is C24H30BrCl2N3O4S. The van der Waals surface area contributed by atoms with Gasteiger partial charge in [0.1, 0.15) is 12.6 Å². The average Bonchev–Trinajstić information content (AvgIpc) is 2.72. The summed E-state index contributed by atoms with van der Waals surface area (Å²) in [5, 5.41) is 3.59. The third kappa shape index (κ3) is 8.10. The molecular weight excluding hydrogens is 577 g/mol. The van der Waals surface area contributed by atoms with Crippen LogP contribution >= 0.6 is 39.1 Å². The molecule has 2 aromatic rings. The second-order valence-electron chi connectivity index (χ2n) is 9.11. The van der Waals surface area contributed by atoms with E-state index >= 15 is 0 Å². The normalized spacial score (nSPS) is 12.7. The summed E-state index contributed by atoms with van der Waals surface area (Å²) in [5.74, 6) is -0.929. The van der Waals surface area contributed by atoms with Crippen molar-refractivity contribution < 1.29 is 18.0 Å². The molecule has 2 amide bonds. The fourth-order valence-electron chi connectivity index (χ4n) is 3.47. The van der Waals surface area contributed by atoms with E-state index in [2.05, 4.69) is 21.2 Å². The summed E-state index contributed by atoms with van der Waals surface area (Å²) in [6.07, 6.45) is 1.32. The minimum Gasteiger partial charge on any atom is -0.350 e. The number of carbonyl (C=O) groups excluding carboxylic acids is 2. The summed E-state index contributed by atoms with van der Waals surface area (Å²) in [7, 11) is -3.84. The van der Waals surface area contributed by atoms with Crippen molar-refractivity contribution in [2.24, 2.45) is 0 Å². The Hall–Kier alpha value is -1.81. The SMILES string of the molecule is CCC(C(=O)NC(C)(C)C)N(Cc1c(Cl)cccc1Cl)C(=O)CN(c1ccccc1Br)S(C)(=O)=O. The van der Waals surface area contributed by atoms with Gasteiger partial charge in [-0.15, -0.1) is 0 Å². The number of benzene rings is 2. The van der Waals surface area contributed by atoms with Crippen molar-refractivity contribution in [2.75, 3.05) is 17.1 Å². The summed E-state index contributed by atoms with van der Waals surface area (Å²) in [6, 6.07) is 10.8. The Morgan fingerprint density at radius 3 is 2.11 bits per heavy atom. The number of anilines is 1. The molecule has 2 aromatic carbocycles. The minimum absolute atomic E-state index is 0.0685. The first-order valence-electron chi connectivity index (χ1n) is 10.9. The molecule has 0 fully saturated rings. The lowest BCUT2D eigenvalue weighted by Crippen LogP contribution is -2.55. The molecule has 0 radical (unpaired) electrons. The number of nitrogens with one attached hydrogen (secondary N) is 1. The minimum atomic E-state index is -3.84. The zero-order valence-electron chi connectivity index (χ0n) is 20.3. The standard InChI is InChI=1S/C24H30BrCl2N3O4S/c1-6-20(23(32)28-24(2,3)4)29(14-16-18(26)11-9-12-19(16)27)22(31)15-30(35(5,33)34)21-13-8-7-10-17(21)25/h7-13,20H,6,14-15H2,1-5H3,(H,28,32). The van der Waals surface area contributed by atoms with Gasteiger partial charge in [0.2, 0.25) is 21.8 Å². The number of hydrogen-bond donors (Lipinski definition) is 1. The number of para-hydroxylation sites is 1. The predicted octanol–water partition coefficient (Wildman–Crippen LogP) is 5.24. The van der Waals surface area contributed by atoms with Gasteiger partial charge >= 0.3 is 0 Å². The van der Waals surface area contributed by atoms with Gasteiger partial charge in [-0.1, -0.05) is 48.3 Å². The summed E-state index contributed by atoms with van der Waals surface area (Å²) >= 11 is 16.1. The van der Waals surface area contributed by atoms with E-state index in [1.165, 1.54) is 4.90 Å². The summed E-state index contributed by atoms with van der Waals surface area (Å²) in [4.78, 5) is 28.2. The third-order valence-corrected chi connectivity index (χ3v) is 7.58. The van der Waals surface area contributed by atoms with Gasteiger partial charge in [-0.3, -0.25) is 13.9 Å². The molecule has 35 heavy (non-hydrogen) atoms. The first kappa shape index (κ1) is 29.4. The van der Waals surface area contributed by atoms with Crippen LogP contribution in [0.15, 0.2) is 46.9 Å². The third-order valence-electron chi connectivity index (χ3n) is 5.07. The lowest BCUT2D eigenvalue weighted by molar-refractivity contribution is -0.141. The van der Waals surface area contributed by atoms with Crippen LogP contribution in [0.4, 0.5) is 5.69 Å². The summed E-state index contributed by atoms with van der Waals surface area (Å²) in [5.41, 5.74) is 0.249. The maximum Gasteiger partial charge on any atom is 0.244 e. The molecule has 11 heteroatoms. The Bertz CT molecular complexity index is 1170. The van der Waals surface area contributed by atoms with Crippen LogP contribution in [0.25, 0.3) is 0 Å². The molecule has 1 atom stereocenters. The molecule has 0 aromatic heterocycles. The van der Waals surface area contributed by atoms with Crippen LogP contribution in [0.2, 0.25) is 10.0 Å². The smallest absolute Gasteiger partial charge is 0.244 e. The fraction of sp³-hybridized carbons (Fsp3) is 0.417. The maximum atomic E-state index is 13.7. The van der Waals surface area contributed by atoms with Crippen LogP contribution in [0.3, 0.4) is 0 Å². The maximum absolute atomic E-state index is 13.7. The molecule has 7 nitrogen and oxygen atoms in total. The molecule has 1 unspecified atom stereocenters. The Morgan fingerprint density at radius 2 is 1.63 bits per heavy atom. The molecule has 192 valence electrons. The molecule has 1 N–H and O–H groups in total. The zero-order valence-corrected chi connectivity index (χ0v) is 24.2. The van der Waals surface area contributed by atoms with Gasteiger partial charge in [0.05, 0.1) is 11.9 Å². The van der Waals surface area contributed by atoms with Crippen molar-refractivity contribution in [3.63, 3.8) is 0 Å². The van der Waals surface area contributed by atoms with E-state index in [1.54, 1.807) is 49.4 Å². The van der Waals surface area contributed by atoms with Crippen molar-refractivity contribution in [1.29, 1.82) is 0 Å². The average molecular weight is 607 g/mol. The molecule has 0 bridgehead atoms. The molecule has 0 spiro atoms. The Balaban J connectivity index is 2.54. The number of nitrogens with zero attached hydrogens (tertiary/aromatic N) is 2. The van der Waals surface area contributed by atoms with Crippen molar-refractivity contribution in [1.82, 2.24) is 10.2 Å². The zero-order chi connectivity index (χ0) is 26.6.